The maximum Gasteiger partial charge on any atom is 0.297 e. The van der Waals surface area contributed by atoms with Crippen molar-refractivity contribution in [2.45, 2.75) is 11.8 Å². The molecule has 0 heterocycles. The molecule has 0 aliphatic rings. The van der Waals surface area contributed by atoms with Crippen LogP contribution in [0.4, 0.5) is 43.9 Å². The van der Waals surface area contributed by atoms with Gasteiger partial charge in [-0.25, -0.2) is 26.3 Å². The molecule has 0 aliphatic carbocycles. The molecule has 0 saturated heterocycles. The van der Waals surface area contributed by atoms with Crippen molar-refractivity contribution in [2.24, 2.45) is 0 Å². The minimum absolute atomic E-state index is 0.0735. The van der Waals surface area contributed by atoms with E-state index in [0.29, 0.717) is 6.26 Å². The number of hydrogen-bond acceptors (Lipinski definition) is 4. The van der Waals surface area contributed by atoms with Crippen molar-refractivity contribution in [3.05, 3.63) is 70.3 Å². The van der Waals surface area contributed by atoms with Gasteiger partial charge in [0.2, 0.25) is 0 Å². The zero-order valence-corrected chi connectivity index (χ0v) is 16.4. The molecule has 2 aromatic rings. The smallest absolute Gasteiger partial charge is 0.297 e. The molecule has 15 heteroatoms. The van der Waals surface area contributed by atoms with E-state index in [9.17, 15) is 52.3 Å². The highest BCUT2D eigenvalue weighted by Gasteiger charge is 2.35. The van der Waals surface area contributed by atoms with Gasteiger partial charge in [0.05, 0.1) is 6.26 Å². The Kier molecular flexibility index (Phi) is 8.67. The van der Waals surface area contributed by atoms with Crippen molar-refractivity contribution in [3.63, 3.8) is 0 Å². The Morgan fingerprint density at radius 3 is 1.34 bits per heavy atom. The second kappa shape index (κ2) is 10.0. The number of halogens is 10. The largest absolute Gasteiger partial charge is 0.390 e. The van der Waals surface area contributed by atoms with Gasteiger partial charge in [-0.3, -0.25) is 4.18 Å². The molecule has 2 aromatic carbocycles. The Morgan fingerprint density at radius 2 is 1.06 bits per heavy atom. The van der Waals surface area contributed by atoms with E-state index in [1.165, 1.54) is 0 Å². The maximum atomic E-state index is 13.3. The van der Waals surface area contributed by atoms with Gasteiger partial charge in [-0.2, -0.15) is 26.0 Å². The predicted molar refractivity (Wildman–Crippen MR) is 88.3 cm³/mol. The molecule has 0 radical (unpaired) electrons. The van der Waals surface area contributed by atoms with Crippen LogP contribution < -0.4 is 0 Å². The molecule has 0 saturated carbocycles. The van der Waals surface area contributed by atoms with Gasteiger partial charge in [0.25, 0.3) is 22.0 Å². The first-order valence-electron chi connectivity index (χ1n) is 7.92. The lowest BCUT2D eigenvalue weighted by Gasteiger charge is -2.16. The zero-order chi connectivity index (χ0) is 25.1. The van der Waals surface area contributed by atoms with Crippen LogP contribution in [0.15, 0.2) is 24.3 Å². The Morgan fingerprint density at radius 1 is 0.750 bits per heavy atom. The molecule has 0 aromatic heterocycles. The molecule has 0 amide bonds. The second-order valence-electron chi connectivity index (χ2n) is 6.04. The van der Waals surface area contributed by atoms with Crippen LogP contribution in [-0.2, 0) is 26.1 Å². The third kappa shape index (κ3) is 7.34. The van der Waals surface area contributed by atoms with Crippen molar-refractivity contribution in [1.29, 1.82) is 0 Å². The van der Waals surface area contributed by atoms with Crippen molar-refractivity contribution >= 4 is 10.1 Å². The lowest BCUT2D eigenvalue weighted by molar-refractivity contribution is -0.0561. The Balaban J connectivity index is 0.000000330. The summed E-state index contributed by atoms with van der Waals surface area (Å²) in [5.74, 6) is -18.5. The number of benzene rings is 2. The Bertz CT molecular complexity index is 1030. The molecular weight excluding hydrogens is 490 g/mol. The third-order valence-electron chi connectivity index (χ3n) is 3.47. The molecule has 2 rings (SSSR count). The lowest BCUT2D eigenvalue weighted by Crippen LogP contribution is -2.23. The van der Waals surface area contributed by atoms with E-state index in [0.717, 1.165) is 0 Å². The minimum atomic E-state index is -4.14. The molecule has 1 N–H and O–H groups in total. The van der Waals surface area contributed by atoms with Crippen molar-refractivity contribution in [2.75, 3.05) is 19.5 Å². The van der Waals surface area contributed by atoms with Gasteiger partial charge >= 0.3 is 0 Å². The van der Waals surface area contributed by atoms with E-state index >= 15 is 0 Å². The highest BCUT2D eigenvalue weighted by molar-refractivity contribution is 7.85. The first kappa shape index (κ1) is 27.6. The first-order valence-corrected chi connectivity index (χ1v) is 9.74. The van der Waals surface area contributed by atoms with Crippen LogP contribution in [0.25, 0.3) is 0 Å². The van der Waals surface area contributed by atoms with E-state index in [-0.39, 0.29) is 24.3 Å². The van der Waals surface area contributed by atoms with Gasteiger partial charge < -0.3 is 5.11 Å². The van der Waals surface area contributed by atoms with Gasteiger partial charge in [0, 0.05) is 11.1 Å². The van der Waals surface area contributed by atoms with E-state index in [1.807, 2.05) is 0 Å². The van der Waals surface area contributed by atoms with Crippen LogP contribution in [-0.4, -0.2) is 33.0 Å². The summed E-state index contributed by atoms with van der Waals surface area (Å²) in [6.07, 6.45) is 0.537. The summed E-state index contributed by atoms with van der Waals surface area (Å²) in [5, 5.41) is 8.21. The van der Waals surface area contributed by atoms with E-state index < -0.39 is 81.2 Å². The van der Waals surface area contributed by atoms with Crippen LogP contribution in [0, 0.1) is 34.9 Å². The summed E-state index contributed by atoms with van der Waals surface area (Å²) >= 11 is 0. The fourth-order valence-electron chi connectivity index (χ4n) is 1.89. The number of rotatable bonds is 6. The summed E-state index contributed by atoms with van der Waals surface area (Å²) in [6, 6.07) is 0.442. The summed E-state index contributed by atoms with van der Waals surface area (Å²) in [7, 11) is -4.14. The Labute approximate surface area is 174 Å². The van der Waals surface area contributed by atoms with E-state index in [1.54, 1.807) is 0 Å². The highest BCUT2D eigenvalue weighted by Crippen LogP contribution is 2.31. The van der Waals surface area contributed by atoms with Crippen molar-refractivity contribution in [1.82, 2.24) is 0 Å². The standard InChI is InChI=1S/C9H7F5O3S.C8H5F5O/c1-18(15,16)17-4-9(13,14)5-2-6(10)8(12)7(11)3-5;9-5-1-4(8(12,13)3-14)2-6(10)7(5)11/h2-3H,4H2,1H3;1-2,14H,3H2. The fraction of sp³-hybridized carbons (Fsp3) is 0.294. The quantitative estimate of drug-likeness (QED) is 0.363. The minimum Gasteiger partial charge on any atom is -0.390 e. The molecule has 0 atom stereocenters. The molecule has 0 aliphatic heterocycles. The van der Waals surface area contributed by atoms with Crippen LogP contribution in [0.3, 0.4) is 0 Å². The van der Waals surface area contributed by atoms with Gasteiger partial charge in [0.15, 0.2) is 34.9 Å². The molecule has 0 unspecified atom stereocenters. The van der Waals surface area contributed by atoms with E-state index in [4.69, 9.17) is 5.11 Å². The maximum absolute atomic E-state index is 13.3. The molecule has 0 bridgehead atoms. The zero-order valence-electron chi connectivity index (χ0n) is 15.6. The normalized spacial score (nSPS) is 12.4. The number of alkyl halides is 4. The molecule has 32 heavy (non-hydrogen) atoms. The van der Waals surface area contributed by atoms with Gasteiger partial charge in [-0.05, 0) is 24.3 Å². The number of hydrogen-bond donors (Lipinski definition) is 1. The SMILES string of the molecule is CS(=O)(=O)OCC(F)(F)c1cc(F)c(F)c(F)c1.OCC(F)(F)c1cc(F)c(F)c(F)c1. The van der Waals surface area contributed by atoms with Crippen LogP contribution >= 0.6 is 0 Å². The monoisotopic (exact) mass is 502 g/mol. The van der Waals surface area contributed by atoms with E-state index in [2.05, 4.69) is 4.18 Å². The molecule has 0 spiro atoms. The third-order valence-corrected chi connectivity index (χ3v) is 4.01. The van der Waals surface area contributed by atoms with Crippen molar-refractivity contribution in [3.8, 4) is 0 Å². The van der Waals surface area contributed by atoms with Gasteiger partial charge in [-0.15, -0.1) is 0 Å². The predicted octanol–water partition coefficient (Wildman–Crippen LogP) is 4.36. The van der Waals surface area contributed by atoms with Crippen LogP contribution in [0.2, 0.25) is 0 Å². The van der Waals surface area contributed by atoms with Crippen molar-refractivity contribution < 1.29 is 61.6 Å². The topological polar surface area (TPSA) is 63.6 Å². The van der Waals surface area contributed by atoms with Gasteiger partial charge in [-0.1, -0.05) is 0 Å². The molecular formula is C17H12F10O4S. The molecule has 0 fully saturated rings. The van der Waals surface area contributed by atoms with Crippen LogP contribution in [0.1, 0.15) is 11.1 Å². The average molecular weight is 502 g/mol. The summed E-state index contributed by atoms with van der Waals surface area (Å²) in [5.41, 5.74) is -2.32. The average Bonchev–Trinajstić information content (AvgIpc) is 2.68. The molecule has 4 nitrogen and oxygen atoms in total. The van der Waals surface area contributed by atoms with Crippen LogP contribution in [0.5, 0.6) is 0 Å². The second-order valence-corrected chi connectivity index (χ2v) is 7.69. The number of aliphatic hydroxyl groups is 1. The number of aliphatic hydroxyl groups excluding tert-OH is 1. The summed E-state index contributed by atoms with van der Waals surface area (Å²) in [6.45, 7) is -3.23. The Hall–Kier alpha value is -2.39. The highest BCUT2D eigenvalue weighted by atomic mass is 32.2. The summed E-state index contributed by atoms with van der Waals surface area (Å²) in [4.78, 5) is 0. The summed E-state index contributed by atoms with van der Waals surface area (Å²) < 4.78 is 152. The van der Waals surface area contributed by atoms with Gasteiger partial charge in [0.1, 0.15) is 13.2 Å². The lowest BCUT2D eigenvalue weighted by atomic mass is 10.1. The fourth-order valence-corrected chi connectivity index (χ4v) is 2.25. The molecule has 180 valence electrons. The first-order chi connectivity index (χ1) is 14.4.